The lowest BCUT2D eigenvalue weighted by Gasteiger charge is -2.36. The van der Waals surface area contributed by atoms with Gasteiger partial charge in [-0.25, -0.2) is 5.01 Å². The molecular formula is C26H33N6O3+. The quantitative estimate of drug-likeness (QED) is 0.311. The van der Waals surface area contributed by atoms with Gasteiger partial charge < -0.3 is 9.64 Å². The molecule has 2 heterocycles. The first-order chi connectivity index (χ1) is 17.2. The molecule has 1 aromatic heterocycles. The number of rotatable bonds is 7. The van der Waals surface area contributed by atoms with Crippen LogP contribution in [0.25, 0.3) is 0 Å². The van der Waals surface area contributed by atoms with E-state index >= 15 is 0 Å². The fraction of sp³-hybridized carbons (Fsp3) is 0.385. The molecule has 2 N–H and O–H groups in total. The number of nitrogens with one attached hydrogen (secondary N) is 2. The highest BCUT2D eigenvalue weighted by atomic mass is 16.5. The monoisotopic (exact) mass is 477 g/mol. The summed E-state index contributed by atoms with van der Waals surface area (Å²) in [4.78, 5) is 28.0. The minimum atomic E-state index is -0.207. The summed E-state index contributed by atoms with van der Waals surface area (Å²) < 4.78 is 7.17. The zero-order chi connectivity index (χ0) is 24.8. The minimum absolute atomic E-state index is 0.158. The number of para-hydroxylation sites is 2. The molecule has 35 heavy (non-hydrogen) atoms. The minimum Gasteiger partial charge on any atom is -0.495 e. The Morgan fingerprint density at radius 1 is 0.971 bits per heavy atom. The number of anilines is 1. The first-order valence-electron chi connectivity index (χ1n) is 12.2. The van der Waals surface area contributed by atoms with E-state index in [1.165, 1.54) is 0 Å². The highest BCUT2D eigenvalue weighted by Gasteiger charge is 2.40. The van der Waals surface area contributed by atoms with Gasteiger partial charge in [-0.05, 0) is 12.1 Å². The first-order valence-corrected chi connectivity index (χ1v) is 12.2. The number of hydrogen-bond donors (Lipinski definition) is 2. The summed E-state index contributed by atoms with van der Waals surface area (Å²) in [5.41, 5.74) is 6.02. The molecule has 0 spiro atoms. The molecule has 1 fully saturated rings. The highest BCUT2D eigenvalue weighted by molar-refractivity contribution is 6.26. The van der Waals surface area contributed by atoms with Gasteiger partial charge in [0.25, 0.3) is 5.69 Å². The second-order valence-corrected chi connectivity index (χ2v) is 8.17. The fourth-order valence-electron chi connectivity index (χ4n) is 4.50. The van der Waals surface area contributed by atoms with Gasteiger partial charge >= 0.3 is 5.69 Å². The average Bonchev–Trinajstić information content (AvgIpc) is 3.36. The molecule has 2 aliphatic rings. The maximum absolute atomic E-state index is 12.9. The molecule has 1 aliphatic heterocycles. The van der Waals surface area contributed by atoms with Gasteiger partial charge in [0, 0.05) is 50.3 Å². The van der Waals surface area contributed by atoms with Crippen LogP contribution < -0.4 is 19.7 Å². The van der Waals surface area contributed by atoms with Crippen molar-refractivity contribution >= 4 is 17.3 Å². The number of hydrazine groups is 1. The molecule has 1 saturated heterocycles. The molecular weight excluding hydrogens is 444 g/mol. The van der Waals surface area contributed by atoms with Crippen LogP contribution in [0.1, 0.15) is 52.4 Å². The molecule has 0 bridgehead atoms. The topological polar surface area (TPSA) is 94.4 Å². The first kappa shape index (κ1) is 24.6. The van der Waals surface area contributed by atoms with Gasteiger partial charge in [0.2, 0.25) is 11.6 Å². The van der Waals surface area contributed by atoms with Crippen LogP contribution in [0.3, 0.4) is 0 Å². The maximum atomic E-state index is 12.9. The normalized spacial score (nSPS) is 15.2. The van der Waals surface area contributed by atoms with Gasteiger partial charge in [-0.15, -0.1) is 0 Å². The van der Waals surface area contributed by atoms with Gasteiger partial charge in [-0.2, -0.15) is 4.68 Å². The van der Waals surface area contributed by atoms with Crippen molar-refractivity contribution in [3.8, 4) is 5.75 Å². The fourth-order valence-corrected chi connectivity index (χ4v) is 4.50. The summed E-state index contributed by atoms with van der Waals surface area (Å²) in [5, 5.41) is 9.20. The highest BCUT2D eigenvalue weighted by Crippen LogP contribution is 2.28. The van der Waals surface area contributed by atoms with Crippen LogP contribution in [0.15, 0.2) is 48.5 Å². The van der Waals surface area contributed by atoms with Crippen molar-refractivity contribution in [3.05, 3.63) is 71.0 Å². The summed E-state index contributed by atoms with van der Waals surface area (Å²) in [6.45, 7) is 8.94. The van der Waals surface area contributed by atoms with E-state index in [0.29, 0.717) is 23.4 Å². The number of aromatic nitrogens is 3. The Hall–Kier alpha value is -3.56. The molecule has 2 aromatic carbocycles. The Morgan fingerprint density at radius 2 is 1.63 bits per heavy atom. The van der Waals surface area contributed by atoms with Crippen molar-refractivity contribution in [1.29, 1.82) is 0 Å². The molecule has 0 atom stereocenters. The number of fused-ring (bicyclic) bond motifs is 2. The van der Waals surface area contributed by atoms with Crippen LogP contribution >= 0.6 is 0 Å². The molecule has 184 valence electrons. The number of carbonyl (C=O) groups is 2. The number of benzene rings is 2. The van der Waals surface area contributed by atoms with Crippen molar-refractivity contribution in [2.24, 2.45) is 0 Å². The van der Waals surface area contributed by atoms with Gasteiger partial charge in [0.1, 0.15) is 12.3 Å². The number of nitrogens with zero attached hydrogens (tertiary/aromatic N) is 4. The summed E-state index contributed by atoms with van der Waals surface area (Å²) >= 11 is 0. The Kier molecular flexibility index (Phi) is 7.89. The maximum Gasteiger partial charge on any atom is 0.300 e. The van der Waals surface area contributed by atoms with E-state index in [1.807, 2.05) is 32.0 Å². The van der Waals surface area contributed by atoms with Crippen molar-refractivity contribution in [3.63, 3.8) is 0 Å². The molecule has 9 heteroatoms. The number of methoxy groups -OCH3 is 1. The van der Waals surface area contributed by atoms with Crippen LogP contribution in [0.2, 0.25) is 0 Å². The number of piperazine rings is 1. The van der Waals surface area contributed by atoms with E-state index < -0.39 is 0 Å². The van der Waals surface area contributed by atoms with Crippen molar-refractivity contribution in [1.82, 2.24) is 20.7 Å². The third kappa shape index (κ3) is 4.96. The van der Waals surface area contributed by atoms with Gasteiger partial charge in [0.15, 0.2) is 0 Å². The van der Waals surface area contributed by atoms with Crippen molar-refractivity contribution in [2.45, 2.75) is 26.8 Å². The number of aryl methyl sites for hydroxylation is 1. The number of ketones is 2. The van der Waals surface area contributed by atoms with E-state index in [4.69, 9.17) is 4.74 Å². The summed E-state index contributed by atoms with van der Waals surface area (Å²) in [5.74, 6) is 0.532. The molecule has 0 unspecified atom stereocenters. The molecule has 0 radical (unpaired) electrons. The van der Waals surface area contributed by atoms with E-state index in [1.54, 1.807) is 36.1 Å². The number of aromatic amines is 1. The number of hydrogen-bond acceptors (Lipinski definition) is 7. The molecule has 0 saturated carbocycles. The second kappa shape index (κ2) is 11.2. The number of carbonyl (C=O) groups excluding carboxylic acids is 2. The third-order valence-corrected chi connectivity index (χ3v) is 6.22. The molecule has 1 aliphatic carbocycles. The summed E-state index contributed by atoms with van der Waals surface area (Å²) in [6.07, 6.45) is 0.787. The van der Waals surface area contributed by atoms with Crippen LogP contribution in [-0.4, -0.2) is 66.7 Å². The lowest BCUT2D eigenvalue weighted by molar-refractivity contribution is -0.755. The largest absolute Gasteiger partial charge is 0.495 e. The summed E-state index contributed by atoms with van der Waals surface area (Å²) in [7, 11) is 1.70. The van der Waals surface area contributed by atoms with Gasteiger partial charge in [-0.3, -0.25) is 15.0 Å². The Bertz CT molecular complexity index is 1180. The van der Waals surface area contributed by atoms with Crippen LogP contribution in [0.4, 0.5) is 5.69 Å². The van der Waals surface area contributed by atoms with Crippen LogP contribution in [0, 0.1) is 0 Å². The zero-order valence-electron chi connectivity index (χ0n) is 20.6. The van der Waals surface area contributed by atoms with Gasteiger partial charge in [0.05, 0.1) is 17.9 Å². The van der Waals surface area contributed by atoms with Crippen LogP contribution in [-0.2, 0) is 6.54 Å². The van der Waals surface area contributed by atoms with Crippen molar-refractivity contribution in [2.75, 3.05) is 44.7 Å². The van der Waals surface area contributed by atoms with E-state index in [-0.39, 0.29) is 17.3 Å². The lowest BCUT2D eigenvalue weighted by atomic mass is 9.90. The smallest absolute Gasteiger partial charge is 0.300 e. The molecule has 3 aromatic rings. The Labute approximate surface area is 205 Å². The predicted octanol–water partition coefficient (Wildman–Crippen LogP) is 2.22. The van der Waals surface area contributed by atoms with E-state index in [9.17, 15) is 9.59 Å². The van der Waals surface area contributed by atoms with E-state index in [0.717, 1.165) is 50.6 Å². The lowest BCUT2D eigenvalue weighted by Crippen LogP contribution is -2.52. The Balaban J connectivity index is 0.00000141. The van der Waals surface area contributed by atoms with E-state index in [2.05, 4.69) is 31.7 Å². The van der Waals surface area contributed by atoms with Crippen LogP contribution in [0.5, 0.6) is 5.75 Å². The third-order valence-electron chi connectivity index (χ3n) is 6.22. The average molecular weight is 478 g/mol. The summed E-state index contributed by atoms with van der Waals surface area (Å²) in [6, 6.07) is 15.0. The Morgan fingerprint density at radius 3 is 2.34 bits per heavy atom. The zero-order valence-corrected chi connectivity index (χ0v) is 20.6. The number of ether oxygens (including phenoxy) is 1. The standard InChI is InChI=1S/C24H26N6O3.C2H6/c1-33-20-10-5-4-9-19(20)28-13-15-29(16-14-28)25-11-6-12-30-22-21(26-27-30)23(31)17-7-2-3-8-18(17)24(22)32;1-2/h2-5,7-10,25H,6,11-16H2,1H3;1-2H3/p+1. The second-order valence-electron chi connectivity index (χ2n) is 8.17. The molecule has 5 rings (SSSR count). The molecule has 0 amide bonds. The predicted molar refractivity (Wildman–Crippen MR) is 133 cm³/mol. The SMILES string of the molecule is CC.COc1ccccc1N1CCN(NCCC[n+]2[nH]nc3c2C(=O)c2ccccc2C3=O)CC1. The number of H-pyrrole nitrogens is 1. The molecule has 9 nitrogen and oxygen atoms in total. The van der Waals surface area contributed by atoms with Gasteiger partial charge in [-0.1, -0.05) is 55.5 Å². The van der Waals surface area contributed by atoms with Crippen molar-refractivity contribution < 1.29 is 19.0 Å².